The van der Waals surface area contributed by atoms with Crippen molar-refractivity contribution in [2.75, 3.05) is 5.32 Å². The summed E-state index contributed by atoms with van der Waals surface area (Å²) in [5.74, 6) is 2.77. The molecule has 2 aromatic heterocycles. The molecule has 2 aromatic rings. The molecule has 1 aliphatic heterocycles. The summed E-state index contributed by atoms with van der Waals surface area (Å²) in [5, 5.41) is 20.6. The van der Waals surface area contributed by atoms with Gasteiger partial charge in [0.25, 0.3) is 0 Å². The number of fused-ring (bicyclic) bond motifs is 1. The van der Waals surface area contributed by atoms with Crippen molar-refractivity contribution in [1.29, 1.82) is 5.26 Å². The van der Waals surface area contributed by atoms with Gasteiger partial charge in [0.2, 0.25) is 0 Å². The SMILES string of the molecule is CC(Nc1ccc(C#N)cn1)c1nnc2n1CCCC2. The molecule has 0 amide bonds. The minimum absolute atomic E-state index is 0.0368. The lowest BCUT2D eigenvalue weighted by molar-refractivity contribution is 0.500. The summed E-state index contributed by atoms with van der Waals surface area (Å²) in [6.07, 6.45) is 4.94. The fraction of sp³-hybridized carbons (Fsp3) is 0.429. The van der Waals surface area contributed by atoms with Gasteiger partial charge in [-0.05, 0) is 31.9 Å². The average Bonchev–Trinajstić information content (AvgIpc) is 2.92. The third-order valence-electron chi connectivity index (χ3n) is 3.53. The Balaban J connectivity index is 1.77. The van der Waals surface area contributed by atoms with Gasteiger partial charge in [-0.15, -0.1) is 10.2 Å². The maximum atomic E-state index is 8.76. The fourth-order valence-corrected chi connectivity index (χ4v) is 2.48. The van der Waals surface area contributed by atoms with E-state index < -0.39 is 0 Å². The van der Waals surface area contributed by atoms with Gasteiger partial charge < -0.3 is 9.88 Å². The van der Waals surface area contributed by atoms with Crippen molar-refractivity contribution in [2.45, 2.75) is 38.8 Å². The van der Waals surface area contributed by atoms with Crippen molar-refractivity contribution < 1.29 is 0 Å². The molecular weight excluding hydrogens is 252 g/mol. The standard InChI is InChI=1S/C14H16N6/c1-10(17-12-6-5-11(8-15)9-16-12)14-19-18-13-4-2-3-7-20(13)14/h5-6,9-10H,2-4,7H2,1H3,(H,16,17). The molecule has 0 bridgehead atoms. The molecule has 3 heterocycles. The van der Waals surface area contributed by atoms with Crippen LogP contribution >= 0.6 is 0 Å². The Labute approximate surface area is 117 Å². The van der Waals surface area contributed by atoms with Gasteiger partial charge in [0, 0.05) is 19.2 Å². The van der Waals surface area contributed by atoms with Gasteiger partial charge in [-0.3, -0.25) is 0 Å². The number of rotatable bonds is 3. The topological polar surface area (TPSA) is 79.4 Å². The van der Waals surface area contributed by atoms with Crippen LogP contribution in [0.5, 0.6) is 0 Å². The Morgan fingerprint density at radius 3 is 3.00 bits per heavy atom. The van der Waals surface area contributed by atoms with Crippen molar-refractivity contribution in [1.82, 2.24) is 19.7 Å². The molecule has 6 nitrogen and oxygen atoms in total. The summed E-state index contributed by atoms with van der Waals surface area (Å²) in [4.78, 5) is 4.22. The van der Waals surface area contributed by atoms with Crippen molar-refractivity contribution in [3.63, 3.8) is 0 Å². The van der Waals surface area contributed by atoms with E-state index in [2.05, 4.69) is 31.1 Å². The number of pyridine rings is 1. The van der Waals surface area contributed by atoms with E-state index in [1.54, 1.807) is 12.3 Å². The second-order valence-corrected chi connectivity index (χ2v) is 4.99. The number of nitriles is 1. The lowest BCUT2D eigenvalue weighted by atomic mass is 10.1. The zero-order valence-corrected chi connectivity index (χ0v) is 11.4. The highest BCUT2D eigenvalue weighted by molar-refractivity contribution is 5.40. The van der Waals surface area contributed by atoms with Gasteiger partial charge in [0.05, 0.1) is 11.6 Å². The van der Waals surface area contributed by atoms with E-state index in [1.807, 2.05) is 13.0 Å². The Bertz CT molecular complexity index is 637. The van der Waals surface area contributed by atoms with E-state index in [0.29, 0.717) is 5.56 Å². The van der Waals surface area contributed by atoms with Crippen LogP contribution < -0.4 is 5.32 Å². The number of aromatic nitrogens is 4. The zero-order chi connectivity index (χ0) is 13.9. The van der Waals surface area contributed by atoms with E-state index in [0.717, 1.165) is 30.4 Å². The summed E-state index contributed by atoms with van der Waals surface area (Å²) in [7, 11) is 0. The summed E-state index contributed by atoms with van der Waals surface area (Å²) < 4.78 is 2.20. The number of hydrogen-bond acceptors (Lipinski definition) is 5. The molecule has 0 radical (unpaired) electrons. The van der Waals surface area contributed by atoms with Crippen LogP contribution in [0.1, 0.15) is 43.0 Å². The molecule has 6 heteroatoms. The van der Waals surface area contributed by atoms with Gasteiger partial charge in [0.15, 0.2) is 5.82 Å². The van der Waals surface area contributed by atoms with Gasteiger partial charge in [-0.2, -0.15) is 5.26 Å². The van der Waals surface area contributed by atoms with E-state index in [4.69, 9.17) is 5.26 Å². The molecule has 1 aliphatic rings. The molecule has 20 heavy (non-hydrogen) atoms. The fourth-order valence-electron chi connectivity index (χ4n) is 2.48. The highest BCUT2D eigenvalue weighted by Crippen LogP contribution is 2.21. The summed E-state index contributed by atoms with van der Waals surface area (Å²) >= 11 is 0. The molecule has 0 fully saturated rings. The number of aryl methyl sites for hydroxylation is 1. The highest BCUT2D eigenvalue weighted by atomic mass is 15.3. The quantitative estimate of drug-likeness (QED) is 0.921. The lowest BCUT2D eigenvalue weighted by Gasteiger charge is -2.19. The first-order chi connectivity index (χ1) is 9.78. The van der Waals surface area contributed by atoms with Gasteiger partial charge in [-0.25, -0.2) is 4.98 Å². The van der Waals surface area contributed by atoms with Crippen LogP contribution in [0, 0.1) is 11.3 Å². The van der Waals surface area contributed by atoms with Crippen molar-refractivity contribution in [3.05, 3.63) is 35.5 Å². The largest absolute Gasteiger partial charge is 0.360 e. The molecule has 0 aromatic carbocycles. The summed E-state index contributed by atoms with van der Waals surface area (Å²) in [5.41, 5.74) is 0.558. The number of nitrogens with one attached hydrogen (secondary N) is 1. The molecule has 1 atom stereocenters. The van der Waals surface area contributed by atoms with Crippen LogP contribution in [0.3, 0.4) is 0 Å². The Morgan fingerprint density at radius 2 is 2.25 bits per heavy atom. The molecule has 3 rings (SSSR count). The second kappa shape index (κ2) is 5.29. The van der Waals surface area contributed by atoms with Crippen LogP contribution in [-0.4, -0.2) is 19.7 Å². The maximum absolute atomic E-state index is 8.76. The maximum Gasteiger partial charge on any atom is 0.155 e. The van der Waals surface area contributed by atoms with Crippen LogP contribution in [0.25, 0.3) is 0 Å². The number of anilines is 1. The summed E-state index contributed by atoms with van der Waals surface area (Å²) in [6.45, 7) is 3.04. The van der Waals surface area contributed by atoms with Crippen molar-refractivity contribution >= 4 is 5.82 Å². The molecular formula is C14H16N6. The molecule has 0 saturated heterocycles. The van der Waals surface area contributed by atoms with Crippen LogP contribution in [0.2, 0.25) is 0 Å². The molecule has 1 N–H and O–H groups in total. The van der Waals surface area contributed by atoms with Crippen LogP contribution in [-0.2, 0) is 13.0 Å². The molecule has 0 aliphatic carbocycles. The third kappa shape index (κ3) is 2.35. The minimum atomic E-state index is 0.0368. The molecule has 102 valence electrons. The van der Waals surface area contributed by atoms with E-state index >= 15 is 0 Å². The predicted octanol–water partition coefficient (Wildman–Crippen LogP) is 2.05. The Kier molecular flexibility index (Phi) is 3.33. The van der Waals surface area contributed by atoms with E-state index in [9.17, 15) is 0 Å². The first-order valence-electron chi connectivity index (χ1n) is 6.82. The minimum Gasteiger partial charge on any atom is -0.360 e. The van der Waals surface area contributed by atoms with Gasteiger partial charge >= 0.3 is 0 Å². The number of nitrogens with zero attached hydrogens (tertiary/aromatic N) is 5. The van der Waals surface area contributed by atoms with Crippen molar-refractivity contribution in [2.24, 2.45) is 0 Å². The normalized spacial score (nSPS) is 15.2. The second-order valence-electron chi connectivity index (χ2n) is 4.99. The highest BCUT2D eigenvalue weighted by Gasteiger charge is 2.20. The van der Waals surface area contributed by atoms with Crippen molar-refractivity contribution in [3.8, 4) is 6.07 Å². The van der Waals surface area contributed by atoms with Crippen LogP contribution in [0.4, 0.5) is 5.82 Å². The third-order valence-corrected chi connectivity index (χ3v) is 3.53. The van der Waals surface area contributed by atoms with Gasteiger partial charge in [-0.1, -0.05) is 0 Å². The molecule has 1 unspecified atom stereocenters. The van der Waals surface area contributed by atoms with Gasteiger partial charge in [0.1, 0.15) is 17.7 Å². The molecule has 0 spiro atoms. The van der Waals surface area contributed by atoms with E-state index in [1.165, 1.54) is 12.8 Å². The predicted molar refractivity (Wildman–Crippen MR) is 73.9 cm³/mol. The zero-order valence-electron chi connectivity index (χ0n) is 11.4. The average molecular weight is 268 g/mol. The summed E-state index contributed by atoms with van der Waals surface area (Å²) in [6, 6.07) is 5.66. The lowest BCUT2D eigenvalue weighted by Crippen LogP contribution is -2.18. The smallest absolute Gasteiger partial charge is 0.155 e. The first-order valence-corrected chi connectivity index (χ1v) is 6.82. The first kappa shape index (κ1) is 12.6. The molecule has 0 saturated carbocycles. The Hall–Kier alpha value is -2.42. The monoisotopic (exact) mass is 268 g/mol. The van der Waals surface area contributed by atoms with Crippen LogP contribution in [0.15, 0.2) is 18.3 Å². The van der Waals surface area contributed by atoms with E-state index in [-0.39, 0.29) is 6.04 Å². The number of hydrogen-bond donors (Lipinski definition) is 1. The Morgan fingerprint density at radius 1 is 1.35 bits per heavy atom.